The van der Waals surface area contributed by atoms with E-state index in [0.29, 0.717) is 0 Å². The lowest BCUT2D eigenvalue weighted by molar-refractivity contribution is -0.153. The highest BCUT2D eigenvalue weighted by atomic mass is 16.6. The summed E-state index contributed by atoms with van der Waals surface area (Å²) in [6.07, 6.45) is 0.503. The minimum atomic E-state index is -0.655. The number of methoxy groups -OCH3 is 2. The zero-order chi connectivity index (χ0) is 8.85. The first-order chi connectivity index (χ1) is 5.17. The second-order valence-electron chi connectivity index (χ2n) is 2.21. The summed E-state index contributed by atoms with van der Waals surface area (Å²) < 4.78 is 9.29. The van der Waals surface area contributed by atoms with Crippen LogP contribution >= 0.6 is 0 Å². The Bertz CT molecular complexity index is 147. The molecule has 4 heteroatoms. The normalized spacial score (nSPS) is 15.2. The lowest BCUT2D eigenvalue weighted by Gasteiger charge is -2.15. The van der Waals surface area contributed by atoms with Gasteiger partial charge < -0.3 is 14.9 Å². The van der Waals surface area contributed by atoms with Crippen molar-refractivity contribution in [3.05, 3.63) is 0 Å². The maximum atomic E-state index is 10.9. The van der Waals surface area contributed by atoms with Crippen LogP contribution in [0.5, 0.6) is 0 Å². The van der Waals surface area contributed by atoms with Crippen LogP contribution in [-0.2, 0) is 14.3 Å². The van der Waals surface area contributed by atoms with Crippen LogP contribution in [0.2, 0.25) is 0 Å². The van der Waals surface area contributed by atoms with Crippen LogP contribution in [0.4, 0.5) is 0 Å². The minimum Gasteiger partial charge on any atom is -0.467 e. The van der Waals surface area contributed by atoms with Crippen molar-refractivity contribution < 1.29 is 14.3 Å². The molecule has 0 saturated carbocycles. The first kappa shape index (κ1) is 10.1. The Morgan fingerprint density at radius 2 is 2.09 bits per heavy atom. The van der Waals surface area contributed by atoms with E-state index in [2.05, 4.69) is 4.74 Å². The molecule has 0 fully saturated rings. The Kier molecular flexibility index (Phi) is 4.45. The molecule has 1 N–H and O–H groups in total. The molecule has 0 rings (SSSR count). The van der Waals surface area contributed by atoms with E-state index < -0.39 is 12.1 Å². The average Bonchev–Trinajstić information content (AvgIpc) is 2.05. The molecule has 0 aromatic heterocycles. The van der Waals surface area contributed by atoms with Crippen molar-refractivity contribution >= 4 is 12.2 Å². The molecule has 2 unspecified atom stereocenters. The van der Waals surface area contributed by atoms with Gasteiger partial charge in [0.25, 0.3) is 0 Å². The standard InChI is InChI=1S/C7H13NO3/c1-5(4-8)6(10-2)7(9)11-3/h4-6,8H,1-3H3. The monoisotopic (exact) mass is 159 g/mol. The maximum Gasteiger partial charge on any atom is 0.335 e. The van der Waals surface area contributed by atoms with Gasteiger partial charge in [-0.3, -0.25) is 0 Å². The Morgan fingerprint density at radius 1 is 1.55 bits per heavy atom. The van der Waals surface area contributed by atoms with Crippen molar-refractivity contribution in [1.82, 2.24) is 0 Å². The van der Waals surface area contributed by atoms with Crippen molar-refractivity contribution in [2.75, 3.05) is 14.2 Å². The van der Waals surface area contributed by atoms with Crippen LogP contribution < -0.4 is 0 Å². The van der Waals surface area contributed by atoms with Crippen LogP contribution in [0.1, 0.15) is 6.92 Å². The summed E-state index contributed by atoms with van der Waals surface area (Å²) in [4.78, 5) is 10.9. The van der Waals surface area contributed by atoms with E-state index in [4.69, 9.17) is 10.1 Å². The van der Waals surface area contributed by atoms with Crippen molar-refractivity contribution in [1.29, 1.82) is 5.41 Å². The Morgan fingerprint density at radius 3 is 2.36 bits per heavy atom. The van der Waals surface area contributed by atoms with Crippen LogP contribution in [0.25, 0.3) is 0 Å². The number of nitrogens with one attached hydrogen (secondary N) is 1. The van der Waals surface area contributed by atoms with E-state index in [1.165, 1.54) is 14.2 Å². The van der Waals surface area contributed by atoms with Crippen molar-refractivity contribution in [3.63, 3.8) is 0 Å². The number of carbonyl (C=O) groups is 1. The van der Waals surface area contributed by atoms with Gasteiger partial charge in [0.2, 0.25) is 0 Å². The second kappa shape index (κ2) is 4.85. The van der Waals surface area contributed by atoms with Gasteiger partial charge in [-0.25, -0.2) is 4.79 Å². The molecule has 0 amide bonds. The fourth-order valence-corrected chi connectivity index (χ4v) is 0.729. The van der Waals surface area contributed by atoms with Gasteiger partial charge in [-0.05, 0) is 0 Å². The van der Waals surface area contributed by atoms with E-state index in [0.717, 1.165) is 6.21 Å². The Hall–Kier alpha value is -0.900. The first-order valence-electron chi connectivity index (χ1n) is 3.28. The fraction of sp³-hybridized carbons (Fsp3) is 0.714. The highest BCUT2D eigenvalue weighted by Crippen LogP contribution is 2.05. The zero-order valence-corrected chi connectivity index (χ0v) is 6.96. The summed E-state index contributed by atoms with van der Waals surface area (Å²) in [5.41, 5.74) is 0. The molecule has 0 aliphatic heterocycles. The van der Waals surface area contributed by atoms with Crippen molar-refractivity contribution in [2.24, 2.45) is 5.92 Å². The summed E-state index contributed by atoms with van der Waals surface area (Å²) in [7, 11) is 2.71. The molecule has 0 radical (unpaired) electrons. The van der Waals surface area contributed by atoms with E-state index in [1.807, 2.05) is 0 Å². The molecule has 0 aliphatic rings. The second-order valence-corrected chi connectivity index (χ2v) is 2.21. The van der Waals surface area contributed by atoms with Crippen LogP contribution in [-0.4, -0.2) is 32.5 Å². The third-order valence-corrected chi connectivity index (χ3v) is 1.43. The third-order valence-electron chi connectivity index (χ3n) is 1.43. The van der Waals surface area contributed by atoms with E-state index in [-0.39, 0.29) is 5.92 Å². The Balaban J connectivity index is 4.14. The molecular weight excluding hydrogens is 146 g/mol. The van der Waals surface area contributed by atoms with Crippen LogP contribution in [0, 0.1) is 11.3 Å². The van der Waals surface area contributed by atoms with Gasteiger partial charge in [0.15, 0.2) is 6.10 Å². The topological polar surface area (TPSA) is 59.4 Å². The summed E-state index contributed by atoms with van der Waals surface area (Å²) >= 11 is 0. The molecular formula is C7H13NO3. The summed E-state index contributed by atoms with van der Waals surface area (Å²) in [5, 5.41) is 6.90. The molecule has 0 spiro atoms. The van der Waals surface area contributed by atoms with Crippen molar-refractivity contribution in [3.8, 4) is 0 Å². The summed E-state index contributed by atoms with van der Waals surface area (Å²) in [5.74, 6) is -0.684. The van der Waals surface area contributed by atoms with Gasteiger partial charge in [-0.1, -0.05) is 6.92 Å². The molecule has 0 aromatic carbocycles. The number of ether oxygens (including phenoxy) is 2. The molecule has 0 bridgehead atoms. The van der Waals surface area contributed by atoms with Gasteiger partial charge >= 0.3 is 5.97 Å². The maximum absolute atomic E-state index is 10.9. The third kappa shape index (κ3) is 2.67. The smallest absolute Gasteiger partial charge is 0.335 e. The number of rotatable bonds is 4. The fourth-order valence-electron chi connectivity index (χ4n) is 0.729. The zero-order valence-electron chi connectivity index (χ0n) is 6.96. The molecule has 0 heterocycles. The van der Waals surface area contributed by atoms with Crippen molar-refractivity contribution in [2.45, 2.75) is 13.0 Å². The number of carbonyl (C=O) groups excluding carboxylic acids is 1. The molecule has 0 aromatic rings. The predicted molar refractivity (Wildman–Crippen MR) is 40.8 cm³/mol. The van der Waals surface area contributed by atoms with E-state index >= 15 is 0 Å². The average molecular weight is 159 g/mol. The SMILES string of the molecule is COC(=O)C(OC)C(C)C=N. The predicted octanol–water partition coefficient (Wildman–Crippen LogP) is 0.460. The summed E-state index contributed by atoms with van der Waals surface area (Å²) in [6, 6.07) is 0. The largest absolute Gasteiger partial charge is 0.467 e. The van der Waals surface area contributed by atoms with Crippen LogP contribution in [0.15, 0.2) is 0 Å². The van der Waals surface area contributed by atoms with Gasteiger partial charge in [-0.15, -0.1) is 0 Å². The molecule has 2 atom stereocenters. The van der Waals surface area contributed by atoms with Gasteiger partial charge in [0.1, 0.15) is 0 Å². The number of hydrogen-bond acceptors (Lipinski definition) is 4. The molecule has 11 heavy (non-hydrogen) atoms. The van der Waals surface area contributed by atoms with Gasteiger partial charge in [-0.2, -0.15) is 0 Å². The highest BCUT2D eigenvalue weighted by Gasteiger charge is 2.23. The van der Waals surface area contributed by atoms with E-state index in [9.17, 15) is 4.79 Å². The number of esters is 1. The minimum absolute atomic E-state index is 0.243. The lowest BCUT2D eigenvalue weighted by atomic mass is 10.1. The Labute approximate surface area is 66.0 Å². The molecule has 64 valence electrons. The molecule has 0 aliphatic carbocycles. The summed E-state index contributed by atoms with van der Waals surface area (Å²) in [6.45, 7) is 1.72. The van der Waals surface area contributed by atoms with E-state index in [1.54, 1.807) is 6.92 Å². The lowest BCUT2D eigenvalue weighted by Crippen LogP contribution is -2.31. The molecule has 4 nitrogen and oxygen atoms in total. The molecule has 0 saturated heterocycles. The van der Waals surface area contributed by atoms with Gasteiger partial charge in [0, 0.05) is 19.2 Å². The van der Waals surface area contributed by atoms with Gasteiger partial charge in [0.05, 0.1) is 7.11 Å². The highest BCUT2D eigenvalue weighted by molar-refractivity contribution is 5.79. The first-order valence-corrected chi connectivity index (χ1v) is 3.28. The van der Waals surface area contributed by atoms with Crippen LogP contribution in [0.3, 0.4) is 0 Å². The quantitative estimate of drug-likeness (QED) is 0.479. The number of hydrogen-bond donors (Lipinski definition) is 1.